The Labute approximate surface area is 115 Å². The smallest absolute Gasteiger partial charge is 0.328 e. The Morgan fingerprint density at radius 2 is 2.21 bits per heavy atom. The summed E-state index contributed by atoms with van der Waals surface area (Å²) in [6, 6.07) is 4.74. The van der Waals surface area contributed by atoms with Crippen LogP contribution in [-0.4, -0.2) is 23.1 Å². The Morgan fingerprint density at radius 1 is 1.53 bits per heavy atom. The van der Waals surface area contributed by atoms with Crippen LogP contribution in [0.15, 0.2) is 24.3 Å². The van der Waals surface area contributed by atoms with Crippen LogP contribution in [0.3, 0.4) is 0 Å². The summed E-state index contributed by atoms with van der Waals surface area (Å²) in [7, 11) is 0. The van der Waals surface area contributed by atoms with Gasteiger partial charge in [-0.15, -0.1) is 0 Å². The number of ether oxygens (including phenoxy) is 1. The molecule has 1 unspecified atom stereocenters. The van der Waals surface area contributed by atoms with Gasteiger partial charge in [-0.3, -0.25) is 4.79 Å². The van der Waals surface area contributed by atoms with Gasteiger partial charge in [-0.1, -0.05) is 24.6 Å². The summed E-state index contributed by atoms with van der Waals surface area (Å²) >= 11 is 5.99. The van der Waals surface area contributed by atoms with Crippen LogP contribution in [0.5, 0.6) is 5.75 Å². The van der Waals surface area contributed by atoms with Gasteiger partial charge in [0.25, 0.3) is 5.91 Å². The first-order valence-electron chi connectivity index (χ1n) is 5.60. The van der Waals surface area contributed by atoms with E-state index >= 15 is 0 Å². The zero-order valence-corrected chi connectivity index (χ0v) is 11.1. The number of primary amides is 1. The van der Waals surface area contributed by atoms with Crippen molar-refractivity contribution in [3.8, 4) is 5.75 Å². The van der Waals surface area contributed by atoms with Crippen LogP contribution in [0.1, 0.15) is 18.9 Å². The minimum Gasteiger partial charge on any atom is -0.479 e. The number of aliphatic carboxylic acids is 1. The largest absolute Gasteiger partial charge is 0.479 e. The number of nitrogens with two attached hydrogens (primary N) is 1. The molecule has 0 aliphatic rings. The van der Waals surface area contributed by atoms with E-state index in [0.717, 1.165) is 6.08 Å². The van der Waals surface area contributed by atoms with E-state index < -0.39 is 18.0 Å². The highest BCUT2D eigenvalue weighted by Gasteiger charge is 2.16. The molecule has 1 aromatic rings. The van der Waals surface area contributed by atoms with Crippen molar-refractivity contribution in [1.29, 1.82) is 0 Å². The SMILES string of the molecule is CCC(Oc1ccc(C=CC(=O)O)cc1Cl)C(N)=O. The van der Waals surface area contributed by atoms with Gasteiger partial charge in [-0.25, -0.2) is 4.79 Å². The van der Waals surface area contributed by atoms with Crippen LogP contribution in [0, 0.1) is 0 Å². The molecule has 0 radical (unpaired) electrons. The van der Waals surface area contributed by atoms with E-state index in [1.807, 2.05) is 0 Å². The van der Waals surface area contributed by atoms with Crippen molar-refractivity contribution in [2.24, 2.45) is 5.73 Å². The maximum atomic E-state index is 11.1. The number of hydrogen-bond acceptors (Lipinski definition) is 3. The molecule has 0 saturated carbocycles. The molecular weight excluding hydrogens is 270 g/mol. The highest BCUT2D eigenvalue weighted by molar-refractivity contribution is 6.32. The summed E-state index contributed by atoms with van der Waals surface area (Å²) in [6.45, 7) is 1.77. The number of rotatable bonds is 6. The number of halogens is 1. The molecule has 1 rings (SSSR count). The number of carboxylic acids is 1. The lowest BCUT2D eigenvalue weighted by molar-refractivity contribution is -0.131. The van der Waals surface area contributed by atoms with E-state index in [1.54, 1.807) is 25.1 Å². The lowest BCUT2D eigenvalue weighted by Crippen LogP contribution is -2.33. The zero-order chi connectivity index (χ0) is 14.4. The van der Waals surface area contributed by atoms with E-state index in [-0.39, 0.29) is 5.02 Å². The molecule has 5 nitrogen and oxygen atoms in total. The third kappa shape index (κ3) is 4.63. The molecule has 0 aliphatic heterocycles. The van der Waals surface area contributed by atoms with Crippen LogP contribution in [0.2, 0.25) is 5.02 Å². The lowest BCUT2D eigenvalue weighted by atomic mass is 10.2. The molecule has 1 aromatic carbocycles. The molecule has 19 heavy (non-hydrogen) atoms. The van der Waals surface area contributed by atoms with Crippen molar-refractivity contribution in [3.63, 3.8) is 0 Å². The molecule has 0 heterocycles. The molecule has 0 spiro atoms. The first-order valence-corrected chi connectivity index (χ1v) is 5.98. The Bertz CT molecular complexity index is 513. The molecule has 0 saturated heterocycles. The molecule has 0 fully saturated rings. The molecule has 3 N–H and O–H groups in total. The first-order chi connectivity index (χ1) is 8.93. The summed E-state index contributed by atoms with van der Waals surface area (Å²) in [5, 5.41) is 8.80. The van der Waals surface area contributed by atoms with Crippen molar-refractivity contribution in [3.05, 3.63) is 34.9 Å². The topological polar surface area (TPSA) is 89.6 Å². The standard InChI is InChI=1S/C13H14ClNO4/c1-2-10(13(15)18)19-11-5-3-8(7-9(11)14)4-6-12(16)17/h3-7,10H,2H2,1H3,(H2,15,18)(H,16,17). The molecule has 6 heteroatoms. The molecule has 102 valence electrons. The number of carbonyl (C=O) groups is 2. The number of carboxylic acid groups (broad SMARTS) is 1. The van der Waals surface area contributed by atoms with Crippen LogP contribution in [0.4, 0.5) is 0 Å². The Morgan fingerprint density at radius 3 is 2.68 bits per heavy atom. The van der Waals surface area contributed by atoms with Crippen molar-refractivity contribution in [2.75, 3.05) is 0 Å². The number of benzene rings is 1. The van der Waals surface area contributed by atoms with E-state index in [4.69, 9.17) is 27.2 Å². The molecule has 0 aromatic heterocycles. The number of amides is 1. The predicted molar refractivity (Wildman–Crippen MR) is 72.0 cm³/mol. The molecule has 1 atom stereocenters. The first kappa shape index (κ1) is 15.0. The van der Waals surface area contributed by atoms with Gasteiger partial charge < -0.3 is 15.6 Å². The van der Waals surface area contributed by atoms with Crippen LogP contribution < -0.4 is 10.5 Å². The van der Waals surface area contributed by atoms with E-state index in [1.165, 1.54) is 6.08 Å². The van der Waals surface area contributed by atoms with E-state index in [2.05, 4.69) is 0 Å². The van der Waals surface area contributed by atoms with Crippen molar-refractivity contribution in [2.45, 2.75) is 19.4 Å². The fraction of sp³-hybridized carbons (Fsp3) is 0.231. The third-order valence-corrected chi connectivity index (χ3v) is 2.63. The van der Waals surface area contributed by atoms with Crippen molar-refractivity contribution in [1.82, 2.24) is 0 Å². The minimum absolute atomic E-state index is 0.284. The fourth-order valence-electron chi connectivity index (χ4n) is 1.38. The lowest BCUT2D eigenvalue weighted by Gasteiger charge is -2.15. The van der Waals surface area contributed by atoms with Gasteiger partial charge in [0.15, 0.2) is 6.10 Å². The highest BCUT2D eigenvalue weighted by atomic mass is 35.5. The molecule has 0 bridgehead atoms. The van der Waals surface area contributed by atoms with Gasteiger partial charge in [0, 0.05) is 6.08 Å². The fourth-order valence-corrected chi connectivity index (χ4v) is 1.61. The van der Waals surface area contributed by atoms with E-state index in [0.29, 0.717) is 17.7 Å². The van der Waals surface area contributed by atoms with Crippen molar-refractivity contribution < 1.29 is 19.4 Å². The zero-order valence-electron chi connectivity index (χ0n) is 10.3. The normalized spacial score (nSPS) is 12.3. The average molecular weight is 284 g/mol. The van der Waals surface area contributed by atoms with Crippen LogP contribution in [-0.2, 0) is 9.59 Å². The number of carbonyl (C=O) groups excluding carboxylic acids is 1. The molecule has 1 amide bonds. The Balaban J connectivity index is 2.88. The Hall–Kier alpha value is -2.01. The van der Waals surface area contributed by atoms with Gasteiger partial charge in [0.1, 0.15) is 5.75 Å². The second-order valence-electron chi connectivity index (χ2n) is 3.78. The summed E-state index contributed by atoms with van der Waals surface area (Å²) < 4.78 is 5.39. The maximum absolute atomic E-state index is 11.1. The summed E-state index contributed by atoms with van der Waals surface area (Å²) in [5.41, 5.74) is 5.79. The average Bonchev–Trinajstić information content (AvgIpc) is 2.34. The van der Waals surface area contributed by atoms with Gasteiger partial charge >= 0.3 is 5.97 Å². The predicted octanol–water partition coefficient (Wildman–Crippen LogP) is 2.08. The highest BCUT2D eigenvalue weighted by Crippen LogP contribution is 2.27. The van der Waals surface area contributed by atoms with E-state index in [9.17, 15) is 9.59 Å². The second kappa shape index (κ2) is 6.80. The third-order valence-electron chi connectivity index (χ3n) is 2.33. The van der Waals surface area contributed by atoms with Gasteiger partial charge in [0.2, 0.25) is 0 Å². The summed E-state index contributed by atoms with van der Waals surface area (Å²) in [4.78, 5) is 21.5. The molecule has 0 aliphatic carbocycles. The summed E-state index contributed by atoms with van der Waals surface area (Å²) in [5.74, 6) is -1.27. The van der Waals surface area contributed by atoms with Crippen molar-refractivity contribution >= 4 is 29.6 Å². The maximum Gasteiger partial charge on any atom is 0.328 e. The second-order valence-corrected chi connectivity index (χ2v) is 4.19. The molecular formula is C13H14ClNO4. The number of hydrogen-bond donors (Lipinski definition) is 2. The van der Waals surface area contributed by atoms with Gasteiger partial charge in [-0.2, -0.15) is 0 Å². The van der Waals surface area contributed by atoms with Crippen LogP contribution in [0.25, 0.3) is 6.08 Å². The van der Waals surface area contributed by atoms with Gasteiger partial charge in [-0.05, 0) is 30.2 Å². The van der Waals surface area contributed by atoms with Gasteiger partial charge in [0.05, 0.1) is 5.02 Å². The minimum atomic E-state index is -1.05. The summed E-state index contributed by atoms with van der Waals surface area (Å²) in [6.07, 6.45) is 2.11. The monoisotopic (exact) mass is 283 g/mol. The quantitative estimate of drug-likeness (QED) is 0.782. The Kier molecular flexibility index (Phi) is 5.38. The van der Waals surface area contributed by atoms with Crippen LogP contribution >= 0.6 is 11.6 Å².